The first kappa shape index (κ1) is 32.3. The minimum atomic E-state index is 0.665. The van der Waals surface area contributed by atoms with Gasteiger partial charge in [0.05, 0.1) is 0 Å². The van der Waals surface area contributed by atoms with Crippen molar-refractivity contribution in [3.63, 3.8) is 0 Å². The maximum atomic E-state index is 6.55. The lowest BCUT2D eigenvalue weighted by atomic mass is 9.92. The van der Waals surface area contributed by atoms with Crippen LogP contribution in [-0.2, 0) is 0 Å². The molecule has 3 aromatic heterocycles. The maximum absolute atomic E-state index is 6.55. The molecule has 0 fully saturated rings. The van der Waals surface area contributed by atoms with E-state index in [2.05, 4.69) is 176 Å². The first-order valence-corrected chi connectivity index (χ1v) is 19.6. The summed E-state index contributed by atoms with van der Waals surface area (Å²) in [7, 11) is 0. The van der Waals surface area contributed by atoms with Gasteiger partial charge in [-0.25, -0.2) is 9.97 Å². The van der Waals surface area contributed by atoms with Gasteiger partial charge >= 0.3 is 0 Å². The molecule has 0 aliphatic carbocycles. The summed E-state index contributed by atoms with van der Waals surface area (Å²) in [5.74, 6) is 0.665. The van der Waals surface area contributed by atoms with Crippen LogP contribution >= 0.6 is 11.3 Å². The average Bonchev–Trinajstić information content (AvgIpc) is 3.85. The van der Waals surface area contributed by atoms with Crippen LogP contribution in [0, 0.1) is 0 Å². The molecule has 0 amide bonds. The number of hydrogen-bond acceptors (Lipinski definition) is 4. The predicted octanol–water partition coefficient (Wildman–Crippen LogP) is 14.7. The van der Waals surface area contributed by atoms with Crippen LogP contribution < -0.4 is 0 Å². The summed E-state index contributed by atoms with van der Waals surface area (Å²) in [6.07, 6.45) is 0. The van der Waals surface area contributed by atoms with Crippen molar-refractivity contribution >= 4 is 53.6 Å². The van der Waals surface area contributed by atoms with Crippen molar-refractivity contribution in [3.8, 4) is 67.2 Å². The molecule has 0 spiro atoms. The second-order valence-electron chi connectivity index (χ2n) is 14.1. The Kier molecular flexibility index (Phi) is 7.68. The smallest absolute Gasteiger partial charge is 0.180 e. The van der Waals surface area contributed by atoms with Gasteiger partial charge < -0.3 is 4.42 Å². The molecule has 8 aromatic carbocycles. The minimum Gasteiger partial charge on any atom is -0.452 e. The van der Waals surface area contributed by atoms with E-state index in [1.165, 1.54) is 48.0 Å². The van der Waals surface area contributed by atoms with Crippen LogP contribution in [0.3, 0.4) is 0 Å². The summed E-state index contributed by atoms with van der Waals surface area (Å²) in [5, 5.41) is 3.45. The van der Waals surface area contributed by atoms with Gasteiger partial charge in [-0.05, 0) is 93.0 Å². The summed E-state index contributed by atoms with van der Waals surface area (Å²) in [6, 6.07) is 68.8. The molecule has 56 heavy (non-hydrogen) atoms. The number of hydrogen-bond donors (Lipinski definition) is 0. The number of nitrogens with zero attached hydrogens (tertiary/aromatic N) is 2. The first-order valence-electron chi connectivity index (χ1n) is 18.8. The molecule has 0 radical (unpaired) electrons. The van der Waals surface area contributed by atoms with Crippen LogP contribution in [-0.4, -0.2) is 9.97 Å². The van der Waals surface area contributed by atoms with Crippen LogP contribution in [0.4, 0.5) is 0 Å². The average molecular weight is 733 g/mol. The molecule has 0 atom stereocenters. The van der Waals surface area contributed by atoms with E-state index in [-0.39, 0.29) is 0 Å². The number of furan rings is 1. The van der Waals surface area contributed by atoms with Crippen molar-refractivity contribution in [2.24, 2.45) is 0 Å². The molecular formula is C52H32N2OS. The summed E-state index contributed by atoms with van der Waals surface area (Å²) in [5.41, 5.74) is 14.4. The van der Waals surface area contributed by atoms with Crippen LogP contribution in [0.1, 0.15) is 0 Å². The lowest BCUT2D eigenvalue weighted by Crippen LogP contribution is -1.94. The van der Waals surface area contributed by atoms with Crippen molar-refractivity contribution in [1.29, 1.82) is 0 Å². The molecule has 3 nitrogen and oxygen atoms in total. The van der Waals surface area contributed by atoms with Crippen LogP contribution in [0.2, 0.25) is 0 Å². The molecule has 0 N–H and O–H groups in total. The molecule has 0 unspecified atom stereocenters. The summed E-state index contributed by atoms with van der Waals surface area (Å²) < 4.78 is 9.00. The maximum Gasteiger partial charge on any atom is 0.180 e. The highest BCUT2D eigenvalue weighted by Crippen LogP contribution is 2.43. The van der Waals surface area contributed by atoms with E-state index in [4.69, 9.17) is 14.4 Å². The molecule has 262 valence electrons. The van der Waals surface area contributed by atoms with E-state index in [1.54, 1.807) is 11.3 Å². The van der Waals surface area contributed by atoms with E-state index >= 15 is 0 Å². The number of thiophene rings is 1. The molecule has 4 heteroatoms. The monoisotopic (exact) mass is 732 g/mol. The van der Waals surface area contributed by atoms with E-state index in [0.29, 0.717) is 11.4 Å². The second-order valence-corrected chi connectivity index (χ2v) is 15.2. The summed E-state index contributed by atoms with van der Waals surface area (Å²) in [6.45, 7) is 0. The minimum absolute atomic E-state index is 0.665. The Morgan fingerprint density at radius 2 is 0.875 bits per heavy atom. The molecule has 11 aromatic rings. The summed E-state index contributed by atoms with van der Waals surface area (Å²) >= 11 is 1.80. The fourth-order valence-corrected chi connectivity index (χ4v) is 9.16. The number of rotatable bonds is 6. The number of fused-ring (bicyclic) bond motifs is 6. The largest absolute Gasteiger partial charge is 0.452 e. The molecular weight excluding hydrogens is 701 g/mol. The third-order valence-corrected chi connectivity index (χ3v) is 11.9. The molecule has 0 saturated carbocycles. The standard InChI is InChI=1S/C52H32N2OS/c1-3-14-33(15-4-1)39-30-40(34-16-5-2-6-17-34)32-41(31-39)37-20-11-18-35(28-37)36-19-12-21-38(29-36)52-53-48-44-23-7-9-26-46(44)55-50(48)49(54-52)45-25-13-24-43-42-22-8-10-27-47(42)56-51(43)45/h1-32H. The van der Waals surface area contributed by atoms with Crippen molar-refractivity contribution in [3.05, 3.63) is 194 Å². The van der Waals surface area contributed by atoms with Gasteiger partial charge in [0.15, 0.2) is 11.4 Å². The first-order chi connectivity index (χ1) is 27.7. The van der Waals surface area contributed by atoms with Crippen LogP contribution in [0.15, 0.2) is 199 Å². The third kappa shape index (κ3) is 5.58. The van der Waals surface area contributed by atoms with Gasteiger partial charge in [-0.15, -0.1) is 11.3 Å². The zero-order valence-electron chi connectivity index (χ0n) is 30.2. The highest BCUT2D eigenvalue weighted by Gasteiger charge is 2.21. The number of aromatic nitrogens is 2. The fourth-order valence-electron chi connectivity index (χ4n) is 7.94. The fraction of sp³-hybridized carbons (Fsp3) is 0. The van der Waals surface area contributed by atoms with Crippen molar-refractivity contribution in [2.45, 2.75) is 0 Å². The highest BCUT2D eigenvalue weighted by molar-refractivity contribution is 7.26. The molecule has 0 aliphatic rings. The van der Waals surface area contributed by atoms with Gasteiger partial charge in [0.2, 0.25) is 0 Å². The zero-order chi connectivity index (χ0) is 37.0. The van der Waals surface area contributed by atoms with Crippen molar-refractivity contribution in [2.75, 3.05) is 0 Å². The van der Waals surface area contributed by atoms with Crippen LogP contribution in [0.5, 0.6) is 0 Å². The quantitative estimate of drug-likeness (QED) is 0.171. The van der Waals surface area contributed by atoms with Gasteiger partial charge in [-0.1, -0.05) is 146 Å². The lowest BCUT2D eigenvalue weighted by Gasteiger charge is -2.13. The Hall–Kier alpha value is -7.14. The van der Waals surface area contributed by atoms with E-state index < -0.39 is 0 Å². The lowest BCUT2D eigenvalue weighted by molar-refractivity contribution is 0.667. The predicted molar refractivity (Wildman–Crippen MR) is 235 cm³/mol. The van der Waals surface area contributed by atoms with Crippen molar-refractivity contribution in [1.82, 2.24) is 9.97 Å². The Labute approximate surface area is 327 Å². The molecule has 0 bridgehead atoms. The SMILES string of the molecule is c1ccc(-c2cc(-c3ccccc3)cc(-c3cccc(-c4cccc(-c5nc(-c6cccc7c6sc6ccccc67)c6oc7ccccc7c6n5)c4)c3)c2)cc1. The van der Waals surface area contributed by atoms with Gasteiger partial charge in [-0.3, -0.25) is 0 Å². The number of para-hydroxylation sites is 1. The van der Waals surface area contributed by atoms with E-state index in [1.807, 2.05) is 18.2 Å². The molecule has 3 heterocycles. The highest BCUT2D eigenvalue weighted by atomic mass is 32.1. The van der Waals surface area contributed by atoms with E-state index in [0.717, 1.165) is 50.0 Å². The molecule has 11 rings (SSSR count). The normalized spacial score (nSPS) is 11.6. The molecule has 0 saturated heterocycles. The zero-order valence-corrected chi connectivity index (χ0v) is 31.0. The Morgan fingerprint density at radius 3 is 1.59 bits per heavy atom. The Morgan fingerprint density at radius 1 is 0.375 bits per heavy atom. The number of benzene rings is 8. The van der Waals surface area contributed by atoms with E-state index in [9.17, 15) is 0 Å². The van der Waals surface area contributed by atoms with Crippen molar-refractivity contribution < 1.29 is 4.42 Å². The Balaban J connectivity index is 1.05. The molecule has 0 aliphatic heterocycles. The van der Waals surface area contributed by atoms with Gasteiger partial charge in [-0.2, -0.15) is 0 Å². The summed E-state index contributed by atoms with van der Waals surface area (Å²) in [4.78, 5) is 10.6. The second kappa shape index (κ2) is 13.3. The van der Waals surface area contributed by atoms with Gasteiger partial charge in [0, 0.05) is 36.7 Å². The third-order valence-electron chi connectivity index (χ3n) is 10.7. The van der Waals surface area contributed by atoms with Crippen LogP contribution in [0.25, 0.3) is 109 Å². The van der Waals surface area contributed by atoms with Gasteiger partial charge in [0.1, 0.15) is 16.8 Å². The Bertz CT molecular complexity index is 3190. The van der Waals surface area contributed by atoms with Gasteiger partial charge in [0.25, 0.3) is 0 Å². The topological polar surface area (TPSA) is 38.9 Å².